The van der Waals surface area contributed by atoms with Crippen LogP contribution < -0.4 is 16.6 Å². The van der Waals surface area contributed by atoms with Gasteiger partial charge in [-0.1, -0.05) is 27.6 Å². The minimum atomic E-state index is -0.187. The Kier molecular flexibility index (Phi) is 4.65. The number of carbonyl (C=O) groups excluding carboxylic acids is 1. The molecule has 1 amide bonds. The summed E-state index contributed by atoms with van der Waals surface area (Å²) in [6.07, 6.45) is 0. The van der Waals surface area contributed by atoms with Crippen LogP contribution in [-0.2, 0) is 0 Å². The van der Waals surface area contributed by atoms with E-state index in [0.717, 1.165) is 26.9 Å². The molecule has 0 heterocycles. The fourth-order valence-electron chi connectivity index (χ4n) is 2.19. The molecule has 0 bridgehead atoms. The molecule has 0 aliphatic heterocycles. The Bertz CT molecular complexity index is 675. The number of hydrazine groups is 1. The number of amides is 1. The van der Waals surface area contributed by atoms with Gasteiger partial charge < -0.3 is 10.7 Å². The van der Waals surface area contributed by atoms with E-state index >= 15 is 0 Å². The Labute approximate surface area is 132 Å². The Balaban J connectivity index is 2.32. The highest BCUT2D eigenvalue weighted by Gasteiger charge is 2.12. The van der Waals surface area contributed by atoms with Crippen LogP contribution in [0.15, 0.2) is 34.8 Å². The average molecular weight is 348 g/mol. The molecule has 0 aliphatic rings. The summed E-state index contributed by atoms with van der Waals surface area (Å²) < 4.78 is 1.06. The van der Waals surface area contributed by atoms with Crippen molar-refractivity contribution in [3.05, 3.63) is 57.1 Å². The fraction of sp³-hybridized carbons (Fsp3) is 0.188. The number of halogens is 1. The zero-order valence-electron chi connectivity index (χ0n) is 12.3. The SMILES string of the molecule is Cc1ccc(NN)c(C(=O)Nc2cc(C)c(Br)c(C)c2)c1. The average Bonchev–Trinajstić information content (AvgIpc) is 2.44. The molecule has 0 aliphatic carbocycles. The minimum Gasteiger partial charge on any atom is -0.323 e. The van der Waals surface area contributed by atoms with Gasteiger partial charge in [0.05, 0.1) is 11.3 Å². The summed E-state index contributed by atoms with van der Waals surface area (Å²) in [5.74, 6) is 5.28. The van der Waals surface area contributed by atoms with Crippen molar-refractivity contribution < 1.29 is 4.79 Å². The van der Waals surface area contributed by atoms with Crippen LogP contribution in [0.5, 0.6) is 0 Å². The number of hydrogen-bond acceptors (Lipinski definition) is 3. The van der Waals surface area contributed by atoms with Crippen molar-refractivity contribution in [1.82, 2.24) is 0 Å². The summed E-state index contributed by atoms with van der Waals surface area (Å²) >= 11 is 3.52. The van der Waals surface area contributed by atoms with E-state index in [2.05, 4.69) is 26.7 Å². The van der Waals surface area contributed by atoms with Gasteiger partial charge in [-0.25, -0.2) is 0 Å². The normalized spacial score (nSPS) is 10.3. The maximum absolute atomic E-state index is 12.4. The van der Waals surface area contributed by atoms with Gasteiger partial charge in [-0.15, -0.1) is 0 Å². The van der Waals surface area contributed by atoms with Crippen LogP contribution >= 0.6 is 15.9 Å². The lowest BCUT2D eigenvalue weighted by Gasteiger charge is -2.12. The second-order valence-corrected chi connectivity index (χ2v) is 5.86. The van der Waals surface area contributed by atoms with Crippen LogP contribution in [-0.4, -0.2) is 5.91 Å². The highest BCUT2D eigenvalue weighted by molar-refractivity contribution is 9.10. The molecule has 0 atom stereocenters. The lowest BCUT2D eigenvalue weighted by atomic mass is 10.1. The molecule has 4 N–H and O–H groups in total. The summed E-state index contributed by atoms with van der Waals surface area (Å²) in [6.45, 7) is 5.92. The highest BCUT2D eigenvalue weighted by atomic mass is 79.9. The van der Waals surface area contributed by atoms with Crippen LogP contribution in [0, 0.1) is 20.8 Å². The van der Waals surface area contributed by atoms with Crippen molar-refractivity contribution in [2.75, 3.05) is 10.7 Å². The van der Waals surface area contributed by atoms with Gasteiger partial charge in [-0.3, -0.25) is 10.6 Å². The molecular formula is C16H18BrN3O. The van der Waals surface area contributed by atoms with Gasteiger partial charge in [-0.05, 0) is 56.2 Å². The van der Waals surface area contributed by atoms with E-state index in [1.54, 1.807) is 6.07 Å². The number of benzene rings is 2. The van der Waals surface area contributed by atoms with E-state index in [1.807, 2.05) is 45.0 Å². The summed E-state index contributed by atoms with van der Waals surface area (Å²) in [5.41, 5.74) is 7.60. The van der Waals surface area contributed by atoms with Crippen LogP contribution in [0.2, 0.25) is 0 Å². The highest BCUT2D eigenvalue weighted by Crippen LogP contribution is 2.26. The largest absolute Gasteiger partial charge is 0.323 e. The maximum Gasteiger partial charge on any atom is 0.257 e. The van der Waals surface area contributed by atoms with E-state index < -0.39 is 0 Å². The second-order valence-electron chi connectivity index (χ2n) is 5.07. The molecule has 5 heteroatoms. The Hall–Kier alpha value is -1.85. The zero-order valence-corrected chi connectivity index (χ0v) is 13.8. The first-order chi connectivity index (χ1) is 9.92. The lowest BCUT2D eigenvalue weighted by molar-refractivity contribution is 0.102. The monoisotopic (exact) mass is 347 g/mol. The van der Waals surface area contributed by atoms with Crippen LogP contribution in [0.25, 0.3) is 0 Å². The molecule has 2 rings (SSSR count). The van der Waals surface area contributed by atoms with E-state index in [4.69, 9.17) is 5.84 Å². The first kappa shape index (κ1) is 15.5. The summed E-state index contributed by atoms with van der Waals surface area (Å²) in [7, 11) is 0. The molecule has 2 aromatic carbocycles. The van der Waals surface area contributed by atoms with E-state index in [0.29, 0.717) is 11.3 Å². The molecule has 21 heavy (non-hydrogen) atoms. The first-order valence-corrected chi connectivity index (χ1v) is 7.37. The molecule has 0 radical (unpaired) electrons. The van der Waals surface area contributed by atoms with Crippen molar-refractivity contribution in [1.29, 1.82) is 0 Å². The number of aryl methyl sites for hydroxylation is 3. The zero-order chi connectivity index (χ0) is 15.6. The van der Waals surface area contributed by atoms with Gasteiger partial charge in [0.15, 0.2) is 0 Å². The topological polar surface area (TPSA) is 67.1 Å². The van der Waals surface area contributed by atoms with Crippen molar-refractivity contribution in [2.45, 2.75) is 20.8 Å². The third kappa shape index (κ3) is 3.43. The molecule has 0 spiro atoms. The third-order valence-electron chi connectivity index (χ3n) is 3.27. The number of rotatable bonds is 3. The molecule has 2 aromatic rings. The standard InChI is InChI=1S/C16H18BrN3O/c1-9-4-5-14(20-18)13(6-9)16(21)19-12-7-10(2)15(17)11(3)8-12/h4-8,20H,18H2,1-3H3,(H,19,21). The molecule has 110 valence electrons. The number of nitrogen functional groups attached to an aromatic ring is 1. The quantitative estimate of drug-likeness (QED) is 0.582. The van der Waals surface area contributed by atoms with Crippen molar-refractivity contribution in [2.24, 2.45) is 5.84 Å². The molecule has 0 aromatic heterocycles. The van der Waals surface area contributed by atoms with Crippen LogP contribution in [0.1, 0.15) is 27.0 Å². The molecule has 0 saturated heterocycles. The molecule has 0 saturated carbocycles. The van der Waals surface area contributed by atoms with Crippen LogP contribution in [0.4, 0.5) is 11.4 Å². The van der Waals surface area contributed by atoms with E-state index in [9.17, 15) is 4.79 Å². The number of nitrogens with two attached hydrogens (primary N) is 1. The molecular weight excluding hydrogens is 330 g/mol. The summed E-state index contributed by atoms with van der Waals surface area (Å²) in [4.78, 5) is 12.4. The van der Waals surface area contributed by atoms with Gasteiger partial charge in [0.25, 0.3) is 5.91 Å². The molecule has 0 unspecified atom stereocenters. The molecule has 0 fully saturated rings. The smallest absolute Gasteiger partial charge is 0.257 e. The first-order valence-electron chi connectivity index (χ1n) is 6.57. The van der Waals surface area contributed by atoms with Crippen molar-refractivity contribution >= 4 is 33.2 Å². The second kappa shape index (κ2) is 6.28. The van der Waals surface area contributed by atoms with Gasteiger partial charge in [-0.2, -0.15) is 0 Å². The van der Waals surface area contributed by atoms with Crippen molar-refractivity contribution in [3.8, 4) is 0 Å². The predicted molar refractivity (Wildman–Crippen MR) is 90.6 cm³/mol. The van der Waals surface area contributed by atoms with Gasteiger partial charge in [0, 0.05) is 10.2 Å². The van der Waals surface area contributed by atoms with Gasteiger partial charge in [0.2, 0.25) is 0 Å². The fourth-order valence-corrected chi connectivity index (χ4v) is 2.42. The van der Waals surface area contributed by atoms with Gasteiger partial charge in [0.1, 0.15) is 0 Å². The number of hydrogen-bond donors (Lipinski definition) is 3. The Morgan fingerprint density at radius 3 is 2.29 bits per heavy atom. The number of carbonyl (C=O) groups is 1. The predicted octanol–water partition coefficient (Wildman–Crippen LogP) is 3.91. The van der Waals surface area contributed by atoms with Crippen molar-refractivity contribution in [3.63, 3.8) is 0 Å². The minimum absolute atomic E-state index is 0.187. The third-order valence-corrected chi connectivity index (χ3v) is 4.52. The Morgan fingerprint density at radius 1 is 1.10 bits per heavy atom. The van der Waals surface area contributed by atoms with Crippen LogP contribution in [0.3, 0.4) is 0 Å². The maximum atomic E-state index is 12.4. The lowest BCUT2D eigenvalue weighted by Crippen LogP contribution is -2.17. The van der Waals surface area contributed by atoms with E-state index in [1.165, 1.54) is 0 Å². The Morgan fingerprint density at radius 2 is 1.71 bits per heavy atom. The number of nitrogens with one attached hydrogen (secondary N) is 2. The summed E-state index contributed by atoms with van der Waals surface area (Å²) in [5, 5.41) is 2.91. The molecule has 4 nitrogen and oxygen atoms in total. The van der Waals surface area contributed by atoms with E-state index in [-0.39, 0.29) is 5.91 Å². The number of anilines is 2. The van der Waals surface area contributed by atoms with Gasteiger partial charge >= 0.3 is 0 Å². The summed E-state index contributed by atoms with van der Waals surface area (Å²) in [6, 6.07) is 9.37.